The summed E-state index contributed by atoms with van der Waals surface area (Å²) in [5.74, 6) is -0.335. The van der Waals surface area contributed by atoms with Crippen molar-refractivity contribution in [3.63, 3.8) is 0 Å². The van der Waals surface area contributed by atoms with E-state index in [1.54, 1.807) is 30.8 Å². The van der Waals surface area contributed by atoms with Crippen LogP contribution >= 0.6 is 0 Å². The van der Waals surface area contributed by atoms with Gasteiger partial charge in [0.1, 0.15) is 5.69 Å². The molecule has 23 heavy (non-hydrogen) atoms. The molecule has 0 atom stereocenters. The van der Waals surface area contributed by atoms with Gasteiger partial charge in [-0.2, -0.15) is 0 Å². The Kier molecular flexibility index (Phi) is 3.80. The molecule has 0 fully saturated rings. The summed E-state index contributed by atoms with van der Waals surface area (Å²) in [7, 11) is 1.78. The number of hydrogen-bond acceptors (Lipinski definition) is 3. The van der Waals surface area contributed by atoms with Crippen LogP contribution in [0.2, 0.25) is 0 Å². The summed E-state index contributed by atoms with van der Waals surface area (Å²) in [6.07, 6.45) is 3.07. The minimum Gasteiger partial charge on any atom is -0.316 e. The number of pyridine rings is 1. The van der Waals surface area contributed by atoms with E-state index in [-0.39, 0.29) is 17.2 Å². The molecule has 116 valence electrons. The summed E-state index contributed by atoms with van der Waals surface area (Å²) >= 11 is 0. The second-order valence-corrected chi connectivity index (χ2v) is 5.13. The van der Waals surface area contributed by atoms with E-state index in [4.69, 9.17) is 0 Å². The van der Waals surface area contributed by atoms with Crippen LogP contribution in [0, 0.1) is 6.92 Å². The van der Waals surface area contributed by atoms with E-state index in [1.807, 2.05) is 30.3 Å². The maximum atomic E-state index is 12.7. The number of para-hydroxylation sites is 1. The number of nitrogens with one attached hydrogen (secondary N) is 1. The minimum atomic E-state index is -0.335. The van der Waals surface area contributed by atoms with Crippen LogP contribution in [0.15, 0.2) is 59.7 Å². The molecular formula is C17H16N4O2. The second-order valence-electron chi connectivity index (χ2n) is 5.13. The van der Waals surface area contributed by atoms with E-state index in [9.17, 15) is 9.59 Å². The Morgan fingerprint density at radius 1 is 1.09 bits per heavy atom. The van der Waals surface area contributed by atoms with E-state index in [0.717, 1.165) is 5.69 Å². The molecule has 3 aromatic rings. The summed E-state index contributed by atoms with van der Waals surface area (Å²) in [5.41, 5.74) is 1.89. The summed E-state index contributed by atoms with van der Waals surface area (Å²) in [6.45, 7) is 1.79. The van der Waals surface area contributed by atoms with Crippen LogP contribution in [0.5, 0.6) is 0 Å². The first-order valence-corrected chi connectivity index (χ1v) is 7.15. The van der Waals surface area contributed by atoms with Gasteiger partial charge in [-0.3, -0.25) is 19.3 Å². The van der Waals surface area contributed by atoms with Gasteiger partial charge in [0.2, 0.25) is 0 Å². The molecule has 3 rings (SSSR count). The molecule has 1 N–H and O–H groups in total. The maximum Gasteiger partial charge on any atom is 0.295 e. The van der Waals surface area contributed by atoms with Gasteiger partial charge in [0.05, 0.1) is 11.4 Å². The van der Waals surface area contributed by atoms with Crippen LogP contribution in [0.4, 0.5) is 5.69 Å². The van der Waals surface area contributed by atoms with E-state index < -0.39 is 0 Å². The topological polar surface area (TPSA) is 68.9 Å². The van der Waals surface area contributed by atoms with Crippen molar-refractivity contribution in [3.05, 3.63) is 76.5 Å². The number of carbonyl (C=O) groups is 1. The number of aromatic nitrogens is 3. The Morgan fingerprint density at radius 2 is 1.74 bits per heavy atom. The van der Waals surface area contributed by atoms with Gasteiger partial charge < -0.3 is 5.32 Å². The zero-order chi connectivity index (χ0) is 16.4. The molecule has 2 heterocycles. The molecular weight excluding hydrogens is 292 g/mol. The van der Waals surface area contributed by atoms with Crippen LogP contribution in [0.3, 0.4) is 0 Å². The number of nitrogens with zero attached hydrogens (tertiary/aromatic N) is 3. The quantitative estimate of drug-likeness (QED) is 0.806. The normalized spacial score (nSPS) is 10.5. The second kappa shape index (κ2) is 5.92. The molecule has 0 saturated carbocycles. The average Bonchev–Trinajstić information content (AvgIpc) is 2.80. The number of carbonyl (C=O) groups excluding carboxylic acids is 1. The van der Waals surface area contributed by atoms with Gasteiger partial charge in [-0.25, -0.2) is 4.68 Å². The first-order valence-electron chi connectivity index (χ1n) is 7.15. The molecule has 0 bridgehead atoms. The van der Waals surface area contributed by atoms with Gasteiger partial charge in [-0.15, -0.1) is 0 Å². The van der Waals surface area contributed by atoms with Gasteiger partial charge in [-0.1, -0.05) is 18.2 Å². The lowest BCUT2D eigenvalue weighted by molar-refractivity contribution is 0.102. The van der Waals surface area contributed by atoms with Crippen molar-refractivity contribution in [3.8, 4) is 5.69 Å². The number of benzene rings is 1. The molecule has 0 aliphatic rings. The zero-order valence-electron chi connectivity index (χ0n) is 12.9. The largest absolute Gasteiger partial charge is 0.316 e. The Hall–Kier alpha value is -3.15. The standard InChI is InChI=1S/C17H16N4O2/c1-12-15(19-16(22)13-8-10-18-11-9-13)17(23)21(20(12)2)14-6-4-3-5-7-14/h3-11H,1-2H3,(H,19,22). The summed E-state index contributed by atoms with van der Waals surface area (Å²) in [6, 6.07) is 12.5. The highest BCUT2D eigenvalue weighted by Gasteiger charge is 2.18. The van der Waals surface area contributed by atoms with Gasteiger partial charge in [0.25, 0.3) is 11.5 Å². The zero-order valence-corrected chi connectivity index (χ0v) is 12.9. The lowest BCUT2D eigenvalue weighted by atomic mass is 10.2. The molecule has 2 aromatic heterocycles. The molecule has 0 radical (unpaired) electrons. The Morgan fingerprint density at radius 3 is 2.39 bits per heavy atom. The van der Waals surface area contributed by atoms with Crippen LogP contribution < -0.4 is 10.9 Å². The average molecular weight is 308 g/mol. The third-order valence-electron chi connectivity index (χ3n) is 3.74. The van der Waals surface area contributed by atoms with E-state index in [0.29, 0.717) is 11.3 Å². The Balaban J connectivity index is 2.02. The molecule has 0 aliphatic carbocycles. The smallest absolute Gasteiger partial charge is 0.295 e. The maximum absolute atomic E-state index is 12.7. The third-order valence-corrected chi connectivity index (χ3v) is 3.74. The van der Waals surface area contributed by atoms with Crippen molar-refractivity contribution < 1.29 is 4.79 Å². The molecule has 6 heteroatoms. The summed E-state index contributed by atoms with van der Waals surface area (Å²) < 4.78 is 3.25. The van der Waals surface area contributed by atoms with Gasteiger partial charge in [0, 0.05) is 25.0 Å². The number of amides is 1. The minimum absolute atomic E-state index is 0.265. The van der Waals surface area contributed by atoms with E-state index >= 15 is 0 Å². The van der Waals surface area contributed by atoms with Crippen molar-refractivity contribution in [1.82, 2.24) is 14.3 Å². The fraction of sp³-hybridized carbons (Fsp3) is 0.118. The predicted molar refractivity (Wildman–Crippen MR) is 87.9 cm³/mol. The van der Waals surface area contributed by atoms with Crippen molar-refractivity contribution in [2.45, 2.75) is 6.92 Å². The molecule has 0 saturated heterocycles. The molecule has 0 unspecified atom stereocenters. The Bertz CT molecular complexity index is 896. The SMILES string of the molecule is Cc1c(NC(=O)c2ccncc2)c(=O)n(-c2ccccc2)n1C. The lowest BCUT2D eigenvalue weighted by Gasteiger charge is -2.07. The van der Waals surface area contributed by atoms with Gasteiger partial charge >= 0.3 is 0 Å². The Labute approximate surface area is 133 Å². The fourth-order valence-corrected chi connectivity index (χ4v) is 2.40. The third kappa shape index (κ3) is 2.66. The van der Waals surface area contributed by atoms with Crippen LogP contribution in [0.25, 0.3) is 5.69 Å². The van der Waals surface area contributed by atoms with Crippen molar-refractivity contribution >= 4 is 11.6 Å². The van der Waals surface area contributed by atoms with Gasteiger partial charge in [0.15, 0.2) is 0 Å². The lowest BCUT2D eigenvalue weighted by Crippen LogP contribution is -2.22. The van der Waals surface area contributed by atoms with Gasteiger partial charge in [-0.05, 0) is 31.2 Å². The highest BCUT2D eigenvalue weighted by molar-refractivity contribution is 6.04. The van der Waals surface area contributed by atoms with Crippen molar-refractivity contribution in [2.24, 2.45) is 7.05 Å². The molecule has 1 amide bonds. The highest BCUT2D eigenvalue weighted by atomic mass is 16.2. The number of hydrogen-bond donors (Lipinski definition) is 1. The van der Waals surface area contributed by atoms with Crippen LogP contribution in [-0.4, -0.2) is 20.3 Å². The highest BCUT2D eigenvalue weighted by Crippen LogP contribution is 2.14. The van der Waals surface area contributed by atoms with Crippen LogP contribution in [0.1, 0.15) is 16.1 Å². The first-order chi connectivity index (χ1) is 11.1. The predicted octanol–water partition coefficient (Wildman–Crippen LogP) is 2.13. The first kappa shape index (κ1) is 14.8. The fourth-order valence-electron chi connectivity index (χ4n) is 2.40. The van der Waals surface area contributed by atoms with E-state index in [1.165, 1.54) is 17.1 Å². The van der Waals surface area contributed by atoms with E-state index in [2.05, 4.69) is 10.3 Å². The molecule has 0 aliphatic heterocycles. The summed E-state index contributed by atoms with van der Waals surface area (Å²) in [4.78, 5) is 28.9. The van der Waals surface area contributed by atoms with Crippen molar-refractivity contribution in [1.29, 1.82) is 0 Å². The monoisotopic (exact) mass is 308 g/mol. The molecule has 1 aromatic carbocycles. The number of rotatable bonds is 3. The number of anilines is 1. The van der Waals surface area contributed by atoms with Crippen molar-refractivity contribution in [2.75, 3.05) is 5.32 Å². The molecule has 0 spiro atoms. The van der Waals surface area contributed by atoms with Crippen LogP contribution in [-0.2, 0) is 7.05 Å². The summed E-state index contributed by atoms with van der Waals surface area (Å²) in [5, 5.41) is 2.70. The molecule has 6 nitrogen and oxygen atoms in total.